The summed E-state index contributed by atoms with van der Waals surface area (Å²) in [7, 11) is 1.92. The van der Waals surface area contributed by atoms with Gasteiger partial charge in [-0.2, -0.15) is 5.10 Å². The molecule has 0 saturated heterocycles. The van der Waals surface area contributed by atoms with Crippen LogP contribution in [0.15, 0.2) is 22.7 Å². The maximum atomic E-state index is 13.8. The van der Waals surface area contributed by atoms with E-state index >= 15 is 0 Å². The summed E-state index contributed by atoms with van der Waals surface area (Å²) in [6.07, 6.45) is 1.23. The number of hydrogen-bond acceptors (Lipinski definition) is 2. The molecule has 20 heavy (non-hydrogen) atoms. The molecule has 0 radical (unpaired) electrons. The van der Waals surface area contributed by atoms with E-state index in [2.05, 4.69) is 21.0 Å². The van der Waals surface area contributed by atoms with Gasteiger partial charge in [0, 0.05) is 23.3 Å². The Morgan fingerprint density at radius 1 is 1.35 bits per heavy atom. The van der Waals surface area contributed by atoms with Crippen LogP contribution in [0.1, 0.15) is 22.5 Å². The summed E-state index contributed by atoms with van der Waals surface area (Å²) in [5.74, 6) is -0.213. The predicted molar refractivity (Wildman–Crippen MR) is 82.2 cm³/mol. The van der Waals surface area contributed by atoms with Crippen molar-refractivity contribution in [3.63, 3.8) is 0 Å². The number of halogens is 2. The summed E-state index contributed by atoms with van der Waals surface area (Å²) in [6.45, 7) is 4.01. The van der Waals surface area contributed by atoms with Gasteiger partial charge in [0.05, 0.1) is 5.69 Å². The van der Waals surface area contributed by atoms with Crippen molar-refractivity contribution in [3.8, 4) is 0 Å². The normalized spacial score (nSPS) is 12.7. The average molecular weight is 340 g/mol. The maximum absolute atomic E-state index is 13.8. The zero-order chi connectivity index (χ0) is 14.9. The standard InChI is InChI=1S/C15H19BrFN3/c1-9-14(10(2)20(3)19-9)8-13(18)6-11-4-5-12(16)7-15(11)17/h4-5,7,13H,6,8,18H2,1-3H3. The highest BCUT2D eigenvalue weighted by atomic mass is 79.9. The van der Waals surface area contributed by atoms with Crippen molar-refractivity contribution in [2.24, 2.45) is 12.8 Å². The van der Waals surface area contributed by atoms with Crippen LogP contribution in [0.25, 0.3) is 0 Å². The van der Waals surface area contributed by atoms with Gasteiger partial charge in [0.1, 0.15) is 5.82 Å². The van der Waals surface area contributed by atoms with Crippen LogP contribution in [0.2, 0.25) is 0 Å². The summed E-state index contributed by atoms with van der Waals surface area (Å²) in [5.41, 5.74) is 10.1. The van der Waals surface area contributed by atoms with Crippen molar-refractivity contribution in [1.82, 2.24) is 9.78 Å². The molecule has 0 saturated carbocycles. The third-order valence-corrected chi connectivity index (χ3v) is 4.12. The molecule has 3 nitrogen and oxygen atoms in total. The fourth-order valence-corrected chi connectivity index (χ4v) is 2.75. The second-order valence-corrected chi connectivity index (χ2v) is 6.09. The lowest BCUT2D eigenvalue weighted by Gasteiger charge is -2.13. The first-order chi connectivity index (χ1) is 9.38. The van der Waals surface area contributed by atoms with E-state index in [1.165, 1.54) is 6.07 Å². The Balaban J connectivity index is 2.11. The van der Waals surface area contributed by atoms with Crippen molar-refractivity contribution in [2.75, 3.05) is 0 Å². The molecule has 1 aromatic heterocycles. The average Bonchev–Trinajstić information content (AvgIpc) is 2.60. The zero-order valence-electron chi connectivity index (χ0n) is 12.0. The molecule has 2 N–H and O–H groups in total. The van der Waals surface area contributed by atoms with Gasteiger partial charge < -0.3 is 5.73 Å². The van der Waals surface area contributed by atoms with Crippen LogP contribution in [0, 0.1) is 19.7 Å². The van der Waals surface area contributed by atoms with Gasteiger partial charge in [-0.15, -0.1) is 0 Å². The number of nitrogens with zero attached hydrogens (tertiary/aromatic N) is 2. The first kappa shape index (κ1) is 15.2. The minimum absolute atomic E-state index is 0.118. The van der Waals surface area contributed by atoms with E-state index < -0.39 is 0 Å². The second kappa shape index (κ2) is 6.06. The number of nitrogens with two attached hydrogens (primary N) is 1. The first-order valence-electron chi connectivity index (χ1n) is 6.57. The van der Waals surface area contributed by atoms with Gasteiger partial charge in [-0.05, 0) is 49.9 Å². The second-order valence-electron chi connectivity index (χ2n) is 5.18. The van der Waals surface area contributed by atoms with E-state index in [4.69, 9.17) is 5.73 Å². The molecule has 0 aliphatic heterocycles. The van der Waals surface area contributed by atoms with Crippen molar-refractivity contribution in [2.45, 2.75) is 32.7 Å². The number of aryl methyl sites for hydroxylation is 2. The van der Waals surface area contributed by atoms with Gasteiger partial charge >= 0.3 is 0 Å². The molecule has 0 bridgehead atoms. The Hall–Kier alpha value is -1.20. The van der Waals surface area contributed by atoms with Crippen LogP contribution in [0.4, 0.5) is 4.39 Å². The minimum Gasteiger partial charge on any atom is -0.327 e. The van der Waals surface area contributed by atoms with Gasteiger partial charge in [0.2, 0.25) is 0 Å². The lowest BCUT2D eigenvalue weighted by atomic mass is 9.98. The molecule has 0 fully saturated rings. The third-order valence-electron chi connectivity index (χ3n) is 3.62. The molecule has 0 spiro atoms. The smallest absolute Gasteiger partial charge is 0.127 e. The third kappa shape index (κ3) is 3.27. The summed E-state index contributed by atoms with van der Waals surface area (Å²) in [4.78, 5) is 0. The molecular weight excluding hydrogens is 321 g/mol. The van der Waals surface area contributed by atoms with Gasteiger partial charge in [0.15, 0.2) is 0 Å². The topological polar surface area (TPSA) is 43.8 Å². The molecule has 0 aliphatic rings. The number of rotatable bonds is 4. The lowest BCUT2D eigenvalue weighted by Crippen LogP contribution is -2.26. The summed E-state index contributed by atoms with van der Waals surface area (Å²) in [6, 6.07) is 4.98. The SMILES string of the molecule is Cc1nn(C)c(C)c1CC(N)Cc1ccc(Br)cc1F. The number of benzene rings is 1. The molecule has 1 aromatic carbocycles. The lowest BCUT2D eigenvalue weighted by molar-refractivity contribution is 0.582. The Morgan fingerprint density at radius 2 is 2.05 bits per heavy atom. The van der Waals surface area contributed by atoms with Crippen molar-refractivity contribution in [3.05, 3.63) is 51.0 Å². The molecule has 1 unspecified atom stereocenters. The highest BCUT2D eigenvalue weighted by molar-refractivity contribution is 9.10. The van der Waals surface area contributed by atoms with Gasteiger partial charge in [-0.3, -0.25) is 4.68 Å². The number of aromatic nitrogens is 2. The van der Waals surface area contributed by atoms with Gasteiger partial charge in [-0.25, -0.2) is 4.39 Å². The van der Waals surface area contributed by atoms with Crippen LogP contribution in [-0.2, 0) is 19.9 Å². The van der Waals surface area contributed by atoms with Gasteiger partial charge in [-0.1, -0.05) is 22.0 Å². The molecule has 5 heteroatoms. The molecule has 108 valence electrons. The summed E-state index contributed by atoms with van der Waals surface area (Å²) >= 11 is 3.26. The highest BCUT2D eigenvalue weighted by Crippen LogP contribution is 2.19. The molecule has 2 aromatic rings. The fraction of sp³-hybridized carbons (Fsp3) is 0.400. The minimum atomic E-state index is -0.213. The summed E-state index contributed by atoms with van der Waals surface area (Å²) < 4.78 is 16.4. The maximum Gasteiger partial charge on any atom is 0.127 e. The van der Waals surface area contributed by atoms with Crippen LogP contribution in [0.5, 0.6) is 0 Å². The predicted octanol–water partition coefficient (Wildman–Crippen LogP) is 3.05. The molecule has 1 heterocycles. The van der Waals surface area contributed by atoms with Crippen molar-refractivity contribution < 1.29 is 4.39 Å². The van der Waals surface area contributed by atoms with Crippen molar-refractivity contribution >= 4 is 15.9 Å². The van der Waals surface area contributed by atoms with Crippen LogP contribution < -0.4 is 5.73 Å². The van der Waals surface area contributed by atoms with Crippen LogP contribution >= 0.6 is 15.9 Å². The quantitative estimate of drug-likeness (QED) is 0.930. The highest BCUT2D eigenvalue weighted by Gasteiger charge is 2.15. The van der Waals surface area contributed by atoms with E-state index in [-0.39, 0.29) is 11.9 Å². The fourth-order valence-electron chi connectivity index (χ4n) is 2.42. The Morgan fingerprint density at radius 3 is 2.60 bits per heavy atom. The van der Waals surface area contributed by atoms with E-state index in [0.717, 1.165) is 21.4 Å². The van der Waals surface area contributed by atoms with E-state index in [1.54, 1.807) is 6.07 Å². The molecule has 0 aliphatic carbocycles. The van der Waals surface area contributed by atoms with E-state index in [0.29, 0.717) is 18.4 Å². The zero-order valence-corrected chi connectivity index (χ0v) is 13.5. The van der Waals surface area contributed by atoms with E-state index in [9.17, 15) is 4.39 Å². The molecule has 2 rings (SSSR count). The molecule has 1 atom stereocenters. The Labute approximate surface area is 127 Å². The van der Waals surface area contributed by atoms with Crippen LogP contribution in [0.3, 0.4) is 0 Å². The number of hydrogen-bond donors (Lipinski definition) is 1. The monoisotopic (exact) mass is 339 g/mol. The largest absolute Gasteiger partial charge is 0.327 e. The first-order valence-corrected chi connectivity index (χ1v) is 7.36. The Kier molecular flexibility index (Phi) is 4.60. The molecule has 0 amide bonds. The molecular formula is C15H19BrFN3. The summed E-state index contributed by atoms with van der Waals surface area (Å²) in [5, 5.41) is 4.38. The van der Waals surface area contributed by atoms with Gasteiger partial charge in [0.25, 0.3) is 0 Å². The van der Waals surface area contributed by atoms with Crippen molar-refractivity contribution in [1.29, 1.82) is 0 Å². The van der Waals surface area contributed by atoms with E-state index in [1.807, 2.05) is 31.6 Å². The van der Waals surface area contributed by atoms with Crippen LogP contribution in [-0.4, -0.2) is 15.8 Å². The Bertz CT molecular complexity index is 622.